The van der Waals surface area contributed by atoms with Crippen molar-refractivity contribution in [1.29, 1.82) is 0 Å². The molecule has 0 atom stereocenters. The van der Waals surface area contributed by atoms with Gasteiger partial charge in [0.05, 0.1) is 0 Å². The van der Waals surface area contributed by atoms with Crippen molar-refractivity contribution in [1.82, 2.24) is 0 Å². The van der Waals surface area contributed by atoms with Crippen molar-refractivity contribution in [3.63, 3.8) is 0 Å². The van der Waals surface area contributed by atoms with Crippen LogP contribution in [0, 0.1) is 11.6 Å². The van der Waals surface area contributed by atoms with E-state index < -0.39 is 11.6 Å². The molecule has 0 heterocycles. The molecule has 0 radical (unpaired) electrons. The first-order valence-electron chi connectivity index (χ1n) is 5.65. The first kappa shape index (κ1) is 13.8. The molecule has 100 valence electrons. The van der Waals surface area contributed by atoms with Crippen molar-refractivity contribution >= 4 is 11.6 Å². The van der Waals surface area contributed by atoms with E-state index in [-0.39, 0.29) is 12.2 Å². The second kappa shape index (κ2) is 5.99. The van der Waals surface area contributed by atoms with Crippen LogP contribution in [-0.2, 0) is 13.2 Å². The Hall–Kier alpha value is -1.65. The third kappa shape index (κ3) is 3.43. The second-order valence-electron chi connectivity index (χ2n) is 3.98. The van der Waals surface area contributed by atoms with E-state index in [1.165, 1.54) is 0 Å². The molecule has 0 aliphatic carbocycles. The van der Waals surface area contributed by atoms with E-state index in [1.807, 2.05) is 0 Å². The summed E-state index contributed by atoms with van der Waals surface area (Å²) < 4.78 is 31.7. The van der Waals surface area contributed by atoms with Crippen molar-refractivity contribution < 1.29 is 13.5 Å². The molecule has 0 saturated heterocycles. The van der Waals surface area contributed by atoms with Gasteiger partial charge < -0.3 is 10.5 Å². The van der Waals surface area contributed by atoms with Crippen LogP contribution >= 0.6 is 11.6 Å². The van der Waals surface area contributed by atoms with Gasteiger partial charge in [-0.3, -0.25) is 0 Å². The molecule has 0 amide bonds. The van der Waals surface area contributed by atoms with Crippen LogP contribution in [0.3, 0.4) is 0 Å². The Morgan fingerprint density at radius 3 is 2.53 bits per heavy atom. The fourth-order valence-electron chi connectivity index (χ4n) is 1.60. The summed E-state index contributed by atoms with van der Waals surface area (Å²) >= 11 is 5.97. The fraction of sp³-hybridized carbons (Fsp3) is 0.143. The highest BCUT2D eigenvalue weighted by atomic mass is 35.5. The van der Waals surface area contributed by atoms with Gasteiger partial charge in [-0.25, -0.2) is 8.78 Å². The van der Waals surface area contributed by atoms with Crippen LogP contribution < -0.4 is 10.5 Å². The fourth-order valence-corrected chi connectivity index (χ4v) is 1.85. The zero-order valence-corrected chi connectivity index (χ0v) is 10.8. The molecule has 2 N–H and O–H groups in total. The Labute approximate surface area is 114 Å². The van der Waals surface area contributed by atoms with Crippen molar-refractivity contribution in [2.45, 2.75) is 13.2 Å². The number of rotatable bonds is 4. The van der Waals surface area contributed by atoms with E-state index in [1.54, 1.807) is 18.2 Å². The first-order chi connectivity index (χ1) is 9.10. The summed E-state index contributed by atoms with van der Waals surface area (Å²) in [7, 11) is 0. The minimum atomic E-state index is -0.508. The molecule has 0 fully saturated rings. The number of hydrogen-bond donors (Lipinski definition) is 1. The van der Waals surface area contributed by atoms with Crippen LogP contribution in [0.25, 0.3) is 0 Å². The van der Waals surface area contributed by atoms with Gasteiger partial charge in [-0.05, 0) is 35.9 Å². The molecule has 2 aromatic carbocycles. The average molecular weight is 284 g/mol. The summed E-state index contributed by atoms with van der Waals surface area (Å²) in [5, 5.41) is 0.486. The molecule has 0 bridgehead atoms. The van der Waals surface area contributed by atoms with E-state index in [9.17, 15) is 8.78 Å². The lowest BCUT2D eigenvalue weighted by molar-refractivity contribution is 0.299. The lowest BCUT2D eigenvalue weighted by atomic mass is 10.2. The highest BCUT2D eigenvalue weighted by Gasteiger charge is 2.06. The Morgan fingerprint density at radius 2 is 1.84 bits per heavy atom. The lowest BCUT2D eigenvalue weighted by Crippen LogP contribution is -2.01. The summed E-state index contributed by atoms with van der Waals surface area (Å²) in [6, 6.07) is 8.25. The number of nitrogens with two attached hydrogens (primary N) is 1. The van der Waals surface area contributed by atoms with Gasteiger partial charge in [-0.1, -0.05) is 17.7 Å². The van der Waals surface area contributed by atoms with Crippen LogP contribution in [0.1, 0.15) is 11.1 Å². The molecule has 0 aromatic heterocycles. The highest BCUT2D eigenvalue weighted by Crippen LogP contribution is 2.23. The first-order valence-corrected chi connectivity index (χ1v) is 6.03. The Bertz CT molecular complexity index is 590. The minimum Gasteiger partial charge on any atom is -0.489 e. The van der Waals surface area contributed by atoms with Gasteiger partial charge in [0.15, 0.2) is 0 Å². The molecule has 0 aliphatic rings. The van der Waals surface area contributed by atoms with Gasteiger partial charge >= 0.3 is 0 Å². The van der Waals surface area contributed by atoms with Gasteiger partial charge in [0, 0.05) is 17.1 Å². The molecule has 2 aromatic rings. The van der Waals surface area contributed by atoms with Crippen molar-refractivity contribution in [2.24, 2.45) is 5.73 Å². The third-order valence-electron chi connectivity index (χ3n) is 2.65. The van der Waals surface area contributed by atoms with Crippen molar-refractivity contribution in [2.75, 3.05) is 0 Å². The van der Waals surface area contributed by atoms with Gasteiger partial charge in [-0.15, -0.1) is 0 Å². The maximum absolute atomic E-state index is 13.4. The summed E-state index contributed by atoms with van der Waals surface area (Å²) in [4.78, 5) is 0. The molecular formula is C14H12ClF2NO. The zero-order valence-electron chi connectivity index (χ0n) is 10.00. The average Bonchev–Trinajstić information content (AvgIpc) is 2.40. The number of benzene rings is 2. The molecular weight excluding hydrogens is 272 g/mol. The molecule has 5 heteroatoms. The Morgan fingerprint density at radius 1 is 1.05 bits per heavy atom. The minimum absolute atomic E-state index is 0.0676. The maximum atomic E-state index is 13.4. The van der Waals surface area contributed by atoms with Crippen LogP contribution in [-0.4, -0.2) is 0 Å². The Balaban J connectivity index is 2.10. The number of hydrogen-bond acceptors (Lipinski definition) is 2. The number of ether oxygens (including phenoxy) is 1. The van der Waals surface area contributed by atoms with Crippen LogP contribution in [0.4, 0.5) is 8.78 Å². The molecule has 19 heavy (non-hydrogen) atoms. The van der Waals surface area contributed by atoms with E-state index in [0.717, 1.165) is 23.8 Å². The van der Waals surface area contributed by atoms with Gasteiger partial charge in [0.25, 0.3) is 0 Å². The van der Waals surface area contributed by atoms with E-state index in [4.69, 9.17) is 22.1 Å². The van der Waals surface area contributed by atoms with E-state index >= 15 is 0 Å². The monoisotopic (exact) mass is 283 g/mol. The topological polar surface area (TPSA) is 35.2 Å². The summed E-state index contributed by atoms with van der Waals surface area (Å²) in [5.41, 5.74) is 6.43. The standard InChI is InChI=1S/C14H12ClF2NO/c15-13-6-12(3-1-9(13)7-18)19-8-10-5-11(16)2-4-14(10)17/h1-6H,7-8,18H2. The smallest absolute Gasteiger partial charge is 0.130 e. The van der Waals surface area contributed by atoms with Gasteiger partial charge in [0.2, 0.25) is 0 Å². The van der Waals surface area contributed by atoms with Crippen molar-refractivity contribution in [3.8, 4) is 5.75 Å². The third-order valence-corrected chi connectivity index (χ3v) is 3.00. The van der Waals surface area contributed by atoms with Crippen LogP contribution in [0.2, 0.25) is 5.02 Å². The molecule has 0 saturated carbocycles. The molecule has 2 rings (SSSR count). The maximum Gasteiger partial charge on any atom is 0.130 e. The van der Waals surface area contributed by atoms with Crippen LogP contribution in [0.5, 0.6) is 5.75 Å². The van der Waals surface area contributed by atoms with Gasteiger partial charge in [0.1, 0.15) is 24.0 Å². The SMILES string of the molecule is NCc1ccc(OCc2cc(F)ccc2F)cc1Cl. The highest BCUT2D eigenvalue weighted by molar-refractivity contribution is 6.31. The summed E-state index contributed by atoms with van der Waals surface area (Å²) in [5.74, 6) is -0.534. The van der Waals surface area contributed by atoms with Crippen LogP contribution in [0.15, 0.2) is 36.4 Å². The summed E-state index contributed by atoms with van der Waals surface area (Å²) in [6.07, 6.45) is 0. The molecule has 2 nitrogen and oxygen atoms in total. The van der Waals surface area contributed by atoms with E-state index in [2.05, 4.69) is 0 Å². The predicted octanol–water partition coefficient (Wildman–Crippen LogP) is 3.66. The zero-order chi connectivity index (χ0) is 13.8. The van der Waals surface area contributed by atoms with Gasteiger partial charge in [-0.2, -0.15) is 0 Å². The van der Waals surface area contributed by atoms with E-state index in [0.29, 0.717) is 17.3 Å². The molecule has 0 unspecified atom stereocenters. The lowest BCUT2D eigenvalue weighted by Gasteiger charge is -2.09. The predicted molar refractivity (Wildman–Crippen MR) is 70.0 cm³/mol. The second-order valence-corrected chi connectivity index (χ2v) is 4.39. The number of halogens is 3. The quantitative estimate of drug-likeness (QED) is 0.929. The molecule has 0 aliphatic heterocycles. The molecule has 0 spiro atoms. The Kier molecular flexibility index (Phi) is 4.35. The normalized spacial score (nSPS) is 10.5. The summed E-state index contributed by atoms with van der Waals surface area (Å²) in [6.45, 7) is 0.263. The van der Waals surface area contributed by atoms with Crippen molar-refractivity contribution in [3.05, 3.63) is 64.2 Å². The largest absolute Gasteiger partial charge is 0.489 e.